The maximum atomic E-state index is 14.8. The lowest BCUT2D eigenvalue weighted by atomic mass is 10.0. The van der Waals surface area contributed by atoms with Crippen molar-refractivity contribution in [2.45, 2.75) is 32.2 Å². The highest BCUT2D eigenvalue weighted by atomic mass is 19.4. The third kappa shape index (κ3) is 7.57. The van der Waals surface area contributed by atoms with Gasteiger partial charge in [-0.1, -0.05) is 31.4 Å². The fraction of sp³-hybridized carbons (Fsp3) is 0.167. The van der Waals surface area contributed by atoms with Gasteiger partial charge in [0.1, 0.15) is 34.5 Å². The number of hydrogen-bond donors (Lipinski definition) is 0. The molecule has 0 spiro atoms. The van der Waals surface area contributed by atoms with Crippen molar-refractivity contribution < 1.29 is 53.4 Å². The highest BCUT2D eigenvalue weighted by Crippen LogP contribution is 2.39. The molecule has 0 N–H and O–H groups in total. The molecule has 0 bridgehead atoms. The summed E-state index contributed by atoms with van der Waals surface area (Å²) in [5.74, 6) is -6.90. The lowest BCUT2D eigenvalue weighted by Gasteiger charge is -2.20. The maximum Gasteiger partial charge on any atom is 0.573 e. The second-order valence-electron chi connectivity index (χ2n) is 8.94. The lowest BCUT2D eigenvalue weighted by molar-refractivity contribution is -0.276. The summed E-state index contributed by atoms with van der Waals surface area (Å²) in [5, 5.41) is 0. The second kappa shape index (κ2) is 12.2. The molecule has 0 amide bonds. The van der Waals surface area contributed by atoms with E-state index in [4.69, 9.17) is 0 Å². The fourth-order valence-electron chi connectivity index (χ4n) is 3.91. The van der Waals surface area contributed by atoms with Gasteiger partial charge in [-0.05, 0) is 53.8 Å². The first kappa shape index (κ1) is 31.2. The molecule has 0 saturated heterocycles. The largest absolute Gasteiger partial charge is 0.573 e. The van der Waals surface area contributed by atoms with Crippen LogP contribution >= 0.6 is 0 Å². The number of rotatable bonds is 7. The number of halogens is 10. The Morgan fingerprint density at radius 1 is 0.721 bits per heavy atom. The van der Waals surface area contributed by atoms with E-state index in [1.54, 1.807) is 12.3 Å². The average Bonchev–Trinajstić information content (AvgIpc) is 2.89. The Morgan fingerprint density at radius 3 is 1.91 bits per heavy atom. The summed E-state index contributed by atoms with van der Waals surface area (Å²) in [4.78, 5) is 4.19. The molecule has 3 aromatic carbocycles. The SMILES string of the molecule is CCCc1ccc(C#Cc2ccc(-c3cc(F)c(C(F)(F)Oc4cc(F)c(OC(F)(F)F)c(F)c4)c(F)c3)c(F)c2)nc1. The average molecular weight is 613 g/mol. The molecule has 0 fully saturated rings. The van der Waals surface area contributed by atoms with Gasteiger partial charge >= 0.3 is 12.5 Å². The smallest absolute Gasteiger partial charge is 0.429 e. The predicted molar refractivity (Wildman–Crippen MR) is 134 cm³/mol. The van der Waals surface area contributed by atoms with Crippen LogP contribution in [0.2, 0.25) is 0 Å². The van der Waals surface area contributed by atoms with E-state index < -0.39 is 64.2 Å². The van der Waals surface area contributed by atoms with E-state index in [-0.39, 0.29) is 23.3 Å². The second-order valence-corrected chi connectivity index (χ2v) is 8.94. The van der Waals surface area contributed by atoms with Crippen LogP contribution in [0.5, 0.6) is 11.5 Å². The van der Waals surface area contributed by atoms with Gasteiger partial charge in [0.2, 0.25) is 5.75 Å². The van der Waals surface area contributed by atoms with E-state index in [1.807, 2.05) is 13.0 Å². The molecule has 0 saturated carbocycles. The van der Waals surface area contributed by atoms with Gasteiger partial charge in [-0.3, -0.25) is 0 Å². The molecule has 0 atom stereocenters. The Hall–Kier alpha value is -4.73. The predicted octanol–water partition coefficient (Wildman–Crippen LogP) is 8.82. The summed E-state index contributed by atoms with van der Waals surface area (Å²) in [6, 6.07) is 7.52. The van der Waals surface area contributed by atoms with Gasteiger partial charge < -0.3 is 9.47 Å². The highest BCUT2D eigenvalue weighted by molar-refractivity contribution is 5.66. The first-order chi connectivity index (χ1) is 20.2. The molecule has 3 nitrogen and oxygen atoms in total. The van der Waals surface area contributed by atoms with Crippen LogP contribution in [-0.2, 0) is 12.5 Å². The molecule has 0 aliphatic heterocycles. The normalized spacial score (nSPS) is 11.6. The highest BCUT2D eigenvalue weighted by Gasteiger charge is 2.42. The zero-order valence-electron chi connectivity index (χ0n) is 21.7. The van der Waals surface area contributed by atoms with Crippen molar-refractivity contribution in [2.75, 3.05) is 0 Å². The van der Waals surface area contributed by atoms with E-state index in [2.05, 4.69) is 26.3 Å². The summed E-state index contributed by atoms with van der Waals surface area (Å²) in [7, 11) is 0. The van der Waals surface area contributed by atoms with Crippen molar-refractivity contribution in [2.24, 2.45) is 0 Å². The van der Waals surface area contributed by atoms with E-state index in [1.165, 1.54) is 6.07 Å². The summed E-state index contributed by atoms with van der Waals surface area (Å²) in [6.07, 6.45) is -6.97. The van der Waals surface area contributed by atoms with Crippen LogP contribution in [0.1, 0.15) is 35.7 Å². The molecule has 0 aliphatic rings. The Balaban J connectivity index is 1.57. The third-order valence-corrected chi connectivity index (χ3v) is 5.75. The Labute approximate surface area is 237 Å². The van der Waals surface area contributed by atoms with Crippen molar-refractivity contribution in [3.63, 3.8) is 0 Å². The minimum atomic E-state index is -5.51. The van der Waals surface area contributed by atoms with Crippen LogP contribution in [-0.4, -0.2) is 11.3 Å². The molecule has 13 heteroatoms. The Kier molecular flexibility index (Phi) is 8.89. The zero-order chi connectivity index (χ0) is 31.5. The molecule has 43 heavy (non-hydrogen) atoms. The summed E-state index contributed by atoms with van der Waals surface area (Å²) in [6.45, 7) is 2.02. The first-order valence-electron chi connectivity index (χ1n) is 12.2. The van der Waals surface area contributed by atoms with Gasteiger partial charge in [0.25, 0.3) is 0 Å². The standard InChI is InChI=1S/C30H17F10NO2/c1-2-3-17-5-8-19(41-15-17)7-4-16-6-9-21(22(31)10-16)18-11-23(32)27(24(33)12-18)29(36,37)42-20-13-25(34)28(26(35)14-20)43-30(38,39)40/h5-6,8-15H,2-3H2,1H3. The quantitative estimate of drug-likeness (QED) is 0.154. The van der Waals surface area contributed by atoms with Gasteiger partial charge in [-0.15, -0.1) is 13.2 Å². The van der Waals surface area contributed by atoms with Crippen molar-refractivity contribution in [1.82, 2.24) is 4.98 Å². The number of ether oxygens (including phenoxy) is 2. The molecule has 4 rings (SSSR count). The summed E-state index contributed by atoms with van der Waals surface area (Å²) >= 11 is 0. The number of alkyl halides is 5. The van der Waals surface area contributed by atoms with Crippen LogP contribution in [0.3, 0.4) is 0 Å². The van der Waals surface area contributed by atoms with Crippen LogP contribution in [0.25, 0.3) is 11.1 Å². The fourth-order valence-corrected chi connectivity index (χ4v) is 3.91. The number of benzene rings is 3. The first-order valence-corrected chi connectivity index (χ1v) is 12.2. The van der Waals surface area contributed by atoms with Gasteiger partial charge in [0.05, 0.1) is 0 Å². The molecule has 1 heterocycles. The minimum absolute atomic E-state index is 0.0976. The molecule has 224 valence electrons. The van der Waals surface area contributed by atoms with E-state index in [9.17, 15) is 43.9 Å². The summed E-state index contributed by atoms with van der Waals surface area (Å²) in [5.41, 5.74) is -1.23. The molecule has 0 aliphatic carbocycles. The molecule has 1 aromatic heterocycles. The number of hydrogen-bond acceptors (Lipinski definition) is 3. The van der Waals surface area contributed by atoms with Gasteiger partial charge in [0.15, 0.2) is 11.6 Å². The van der Waals surface area contributed by atoms with Crippen molar-refractivity contribution in [3.05, 3.63) is 112 Å². The van der Waals surface area contributed by atoms with E-state index >= 15 is 0 Å². The topological polar surface area (TPSA) is 31.4 Å². The lowest BCUT2D eigenvalue weighted by Crippen LogP contribution is -2.25. The Morgan fingerprint density at radius 2 is 1.37 bits per heavy atom. The molecule has 0 unspecified atom stereocenters. The van der Waals surface area contributed by atoms with Crippen molar-refractivity contribution >= 4 is 0 Å². The van der Waals surface area contributed by atoms with Crippen molar-refractivity contribution in [3.8, 4) is 34.5 Å². The minimum Gasteiger partial charge on any atom is -0.429 e. The van der Waals surface area contributed by atoms with Crippen molar-refractivity contribution in [1.29, 1.82) is 0 Å². The number of aryl methyl sites for hydroxylation is 1. The van der Waals surface area contributed by atoms with Crippen LogP contribution in [0.15, 0.2) is 60.8 Å². The number of nitrogens with zero attached hydrogens (tertiary/aromatic N) is 1. The van der Waals surface area contributed by atoms with Crippen LogP contribution < -0.4 is 9.47 Å². The van der Waals surface area contributed by atoms with Gasteiger partial charge in [-0.2, -0.15) is 8.78 Å². The maximum absolute atomic E-state index is 14.8. The van der Waals surface area contributed by atoms with Gasteiger partial charge in [-0.25, -0.2) is 26.9 Å². The third-order valence-electron chi connectivity index (χ3n) is 5.75. The van der Waals surface area contributed by atoms with E-state index in [0.717, 1.165) is 30.5 Å². The number of aromatic nitrogens is 1. The van der Waals surface area contributed by atoms with Crippen LogP contribution in [0.4, 0.5) is 43.9 Å². The summed E-state index contributed by atoms with van der Waals surface area (Å²) < 4.78 is 146. The molecule has 4 aromatic rings. The Bertz CT molecular complexity index is 1660. The monoisotopic (exact) mass is 613 g/mol. The van der Waals surface area contributed by atoms with Crippen LogP contribution in [0, 0.1) is 40.9 Å². The zero-order valence-corrected chi connectivity index (χ0v) is 21.7. The van der Waals surface area contributed by atoms with Gasteiger partial charge in [0, 0.05) is 29.5 Å². The van der Waals surface area contributed by atoms with E-state index in [0.29, 0.717) is 17.8 Å². The molecular formula is C30H17F10NO2. The number of pyridine rings is 1. The molecular weight excluding hydrogens is 596 g/mol. The molecule has 0 radical (unpaired) electrons.